The summed E-state index contributed by atoms with van der Waals surface area (Å²) >= 11 is 2.35. The van der Waals surface area contributed by atoms with Gasteiger partial charge in [-0.3, -0.25) is 4.79 Å². The molecule has 3 aromatic carbocycles. The standard InChI is InChI=1S/C29H23IO5/c1-18-16-24(31)35-28-22(18)12-13-23-26(28)25(19-8-3-2-4-9-19)29(34-23)27(32)20-10-7-11-21(17-20)33-15-6-5-14-30/h2-4,7-13,16-17H,5-6,14-15H2,1H3. The molecule has 0 unspecified atom stereocenters. The Labute approximate surface area is 215 Å². The molecule has 0 bridgehead atoms. The van der Waals surface area contributed by atoms with E-state index in [0.29, 0.717) is 40.0 Å². The molecule has 5 nitrogen and oxygen atoms in total. The molecule has 2 aromatic heterocycles. The van der Waals surface area contributed by atoms with Crippen LogP contribution in [0.15, 0.2) is 86.4 Å². The fourth-order valence-electron chi connectivity index (χ4n) is 4.25. The van der Waals surface area contributed by atoms with Crippen molar-refractivity contribution < 1.29 is 18.4 Å². The molecule has 35 heavy (non-hydrogen) atoms. The zero-order chi connectivity index (χ0) is 24.4. The summed E-state index contributed by atoms with van der Waals surface area (Å²) in [5, 5.41) is 1.42. The Morgan fingerprint density at radius 1 is 0.943 bits per heavy atom. The molecule has 0 atom stereocenters. The Morgan fingerprint density at radius 2 is 1.77 bits per heavy atom. The Morgan fingerprint density at radius 3 is 2.57 bits per heavy atom. The lowest BCUT2D eigenvalue weighted by Gasteiger charge is -2.08. The molecule has 0 fully saturated rings. The summed E-state index contributed by atoms with van der Waals surface area (Å²) in [6.45, 7) is 2.47. The third kappa shape index (κ3) is 4.62. The van der Waals surface area contributed by atoms with Crippen molar-refractivity contribution in [1.29, 1.82) is 0 Å². The number of carbonyl (C=O) groups excluding carboxylic acids is 1. The zero-order valence-electron chi connectivity index (χ0n) is 19.2. The van der Waals surface area contributed by atoms with Crippen LogP contribution in [0.1, 0.15) is 34.5 Å². The largest absolute Gasteiger partial charge is 0.494 e. The van der Waals surface area contributed by atoms with Crippen molar-refractivity contribution in [2.45, 2.75) is 19.8 Å². The monoisotopic (exact) mass is 578 g/mol. The normalized spacial score (nSPS) is 11.3. The Bertz CT molecular complexity index is 1580. The number of hydrogen-bond donors (Lipinski definition) is 0. The van der Waals surface area contributed by atoms with Crippen molar-refractivity contribution in [3.63, 3.8) is 0 Å². The molecule has 5 rings (SSSR count). The van der Waals surface area contributed by atoms with Crippen LogP contribution in [0, 0.1) is 6.92 Å². The topological polar surface area (TPSA) is 69.7 Å². The number of furan rings is 1. The van der Waals surface area contributed by atoms with Crippen molar-refractivity contribution in [2.24, 2.45) is 0 Å². The van der Waals surface area contributed by atoms with Gasteiger partial charge in [-0.1, -0.05) is 65.1 Å². The van der Waals surface area contributed by atoms with Crippen LogP contribution < -0.4 is 10.4 Å². The highest BCUT2D eigenvalue weighted by Crippen LogP contribution is 2.40. The van der Waals surface area contributed by atoms with E-state index < -0.39 is 5.63 Å². The molecule has 0 saturated heterocycles. The van der Waals surface area contributed by atoms with Crippen LogP contribution in [-0.2, 0) is 0 Å². The van der Waals surface area contributed by atoms with Gasteiger partial charge in [-0.25, -0.2) is 4.79 Å². The molecule has 0 N–H and O–H groups in total. The third-order valence-corrected chi connectivity index (χ3v) is 6.69. The van der Waals surface area contributed by atoms with Gasteiger partial charge in [0.25, 0.3) is 0 Å². The summed E-state index contributed by atoms with van der Waals surface area (Å²) < 4.78 is 18.8. The van der Waals surface area contributed by atoms with Crippen molar-refractivity contribution in [3.8, 4) is 16.9 Å². The molecule has 0 aliphatic carbocycles. The number of unbranched alkanes of at least 4 members (excludes halogenated alkanes) is 1. The number of ether oxygens (including phenoxy) is 1. The van der Waals surface area contributed by atoms with E-state index in [4.69, 9.17) is 13.6 Å². The second kappa shape index (κ2) is 10.1. The molecule has 2 heterocycles. The van der Waals surface area contributed by atoms with E-state index in [1.807, 2.05) is 61.5 Å². The zero-order valence-corrected chi connectivity index (χ0v) is 21.3. The van der Waals surface area contributed by atoms with E-state index in [1.165, 1.54) is 6.07 Å². The minimum absolute atomic E-state index is 0.199. The first-order valence-electron chi connectivity index (χ1n) is 11.5. The van der Waals surface area contributed by atoms with Gasteiger partial charge in [0.2, 0.25) is 5.78 Å². The molecule has 6 heteroatoms. The minimum atomic E-state index is -0.442. The maximum Gasteiger partial charge on any atom is 0.336 e. The number of halogens is 1. The lowest BCUT2D eigenvalue weighted by molar-refractivity contribution is 0.101. The van der Waals surface area contributed by atoms with Gasteiger partial charge in [0.05, 0.1) is 12.0 Å². The van der Waals surface area contributed by atoms with Gasteiger partial charge in [0.15, 0.2) is 5.76 Å². The second-order valence-electron chi connectivity index (χ2n) is 8.34. The predicted molar refractivity (Wildman–Crippen MR) is 146 cm³/mol. The van der Waals surface area contributed by atoms with Crippen molar-refractivity contribution >= 4 is 50.3 Å². The average molecular weight is 578 g/mol. The SMILES string of the molecule is Cc1cc(=O)oc2c1ccc1oc(C(=O)c3cccc(OCCCCI)c3)c(-c3ccccc3)c12. The first kappa shape index (κ1) is 23.4. The highest BCUT2D eigenvalue weighted by molar-refractivity contribution is 14.1. The van der Waals surface area contributed by atoms with E-state index in [2.05, 4.69) is 22.6 Å². The van der Waals surface area contributed by atoms with Gasteiger partial charge < -0.3 is 13.6 Å². The highest BCUT2D eigenvalue weighted by atomic mass is 127. The van der Waals surface area contributed by atoms with Gasteiger partial charge in [-0.05, 0) is 59.6 Å². The molecular formula is C29H23IO5. The summed E-state index contributed by atoms with van der Waals surface area (Å²) in [5.74, 6) is 0.583. The number of carbonyl (C=O) groups is 1. The first-order valence-corrected chi connectivity index (χ1v) is 13.0. The van der Waals surface area contributed by atoms with Crippen LogP contribution in [0.2, 0.25) is 0 Å². The minimum Gasteiger partial charge on any atom is -0.494 e. The molecular weight excluding hydrogens is 555 g/mol. The predicted octanol–water partition coefficient (Wildman–Crippen LogP) is 7.34. The number of ketones is 1. The number of aryl methyl sites for hydroxylation is 1. The number of alkyl halides is 1. The molecule has 0 spiro atoms. The summed E-state index contributed by atoms with van der Waals surface area (Å²) in [7, 11) is 0. The van der Waals surface area contributed by atoms with Gasteiger partial charge in [-0.15, -0.1) is 0 Å². The summed E-state index contributed by atoms with van der Waals surface area (Å²) in [6, 6.07) is 21.8. The Hall–Kier alpha value is -3.39. The van der Waals surface area contributed by atoms with Gasteiger partial charge in [0, 0.05) is 22.6 Å². The smallest absolute Gasteiger partial charge is 0.336 e. The number of hydrogen-bond acceptors (Lipinski definition) is 5. The maximum absolute atomic E-state index is 13.8. The fourth-order valence-corrected chi connectivity index (χ4v) is 4.79. The van der Waals surface area contributed by atoms with Crippen LogP contribution in [0.25, 0.3) is 33.1 Å². The summed E-state index contributed by atoms with van der Waals surface area (Å²) in [5.41, 5.74) is 3.15. The average Bonchev–Trinajstić information content (AvgIpc) is 3.27. The van der Waals surface area contributed by atoms with Crippen LogP contribution in [-0.4, -0.2) is 16.8 Å². The van der Waals surface area contributed by atoms with Crippen LogP contribution in [0.4, 0.5) is 0 Å². The second-order valence-corrected chi connectivity index (χ2v) is 9.42. The number of fused-ring (bicyclic) bond motifs is 3. The van der Waals surface area contributed by atoms with Crippen LogP contribution in [0.5, 0.6) is 5.75 Å². The van der Waals surface area contributed by atoms with E-state index in [-0.39, 0.29) is 11.5 Å². The van der Waals surface area contributed by atoms with Gasteiger partial charge in [-0.2, -0.15) is 0 Å². The van der Waals surface area contributed by atoms with Crippen molar-refractivity contribution in [3.05, 3.63) is 100 Å². The lowest BCUT2D eigenvalue weighted by Crippen LogP contribution is -2.03. The Balaban J connectivity index is 1.68. The van der Waals surface area contributed by atoms with Crippen LogP contribution in [0.3, 0.4) is 0 Å². The van der Waals surface area contributed by atoms with E-state index in [1.54, 1.807) is 12.1 Å². The fraction of sp³-hybridized carbons (Fsp3) is 0.172. The molecule has 0 radical (unpaired) electrons. The highest BCUT2D eigenvalue weighted by Gasteiger charge is 2.26. The van der Waals surface area contributed by atoms with Crippen molar-refractivity contribution in [1.82, 2.24) is 0 Å². The lowest BCUT2D eigenvalue weighted by atomic mass is 9.96. The Kier molecular flexibility index (Phi) is 6.72. The maximum atomic E-state index is 13.8. The molecule has 0 amide bonds. The third-order valence-electron chi connectivity index (χ3n) is 5.93. The summed E-state index contributed by atoms with van der Waals surface area (Å²) in [6.07, 6.45) is 2.04. The number of benzene rings is 3. The van der Waals surface area contributed by atoms with Gasteiger partial charge in [0.1, 0.15) is 16.9 Å². The first-order chi connectivity index (χ1) is 17.1. The van der Waals surface area contributed by atoms with E-state index >= 15 is 0 Å². The molecule has 0 saturated carbocycles. The van der Waals surface area contributed by atoms with Crippen LogP contribution >= 0.6 is 22.6 Å². The quantitative estimate of drug-likeness (QED) is 0.0634. The molecule has 0 aliphatic rings. The number of rotatable bonds is 8. The van der Waals surface area contributed by atoms with E-state index in [9.17, 15) is 9.59 Å². The molecule has 0 aliphatic heterocycles. The van der Waals surface area contributed by atoms with Gasteiger partial charge >= 0.3 is 5.63 Å². The van der Waals surface area contributed by atoms with Crippen molar-refractivity contribution in [2.75, 3.05) is 11.0 Å². The molecule has 5 aromatic rings. The van der Waals surface area contributed by atoms with E-state index in [0.717, 1.165) is 33.8 Å². The summed E-state index contributed by atoms with van der Waals surface area (Å²) in [4.78, 5) is 26.0. The molecule has 176 valence electrons.